The minimum atomic E-state index is -6.00. The number of hydrogen-bond donors (Lipinski definition) is 0. The van der Waals surface area contributed by atoms with Gasteiger partial charge in [-0.1, -0.05) is 60.7 Å². The van der Waals surface area contributed by atoms with E-state index in [4.69, 9.17) is 0 Å². The van der Waals surface area contributed by atoms with Gasteiger partial charge in [0.2, 0.25) is 0 Å². The fourth-order valence-corrected chi connectivity index (χ4v) is 1.26. The average molecular weight is 242 g/mol. The SMILES string of the molecule is F[B-](F)(F)F.[H+].c1ccc(-c2ccccc2)cc1. The second-order valence-electron chi connectivity index (χ2n) is 3.23. The molecule has 2 aromatic carbocycles. The first-order valence-corrected chi connectivity index (χ1v) is 4.94. The highest BCUT2D eigenvalue weighted by molar-refractivity contribution is 6.50. The van der Waals surface area contributed by atoms with Gasteiger partial charge < -0.3 is 17.3 Å². The molecule has 2 aromatic rings. The lowest BCUT2D eigenvalue weighted by molar-refractivity contribution is 0.368. The van der Waals surface area contributed by atoms with Crippen LogP contribution in [0.5, 0.6) is 0 Å². The Kier molecular flexibility index (Phi) is 4.76. The van der Waals surface area contributed by atoms with E-state index in [-0.39, 0.29) is 1.43 Å². The second-order valence-corrected chi connectivity index (χ2v) is 3.23. The van der Waals surface area contributed by atoms with Crippen LogP contribution in [0.1, 0.15) is 1.43 Å². The Morgan fingerprint density at radius 3 is 1.06 bits per heavy atom. The highest BCUT2D eigenvalue weighted by Gasteiger charge is 2.20. The quantitative estimate of drug-likeness (QED) is 0.499. The first-order chi connectivity index (χ1) is 7.97. The van der Waals surface area contributed by atoms with Crippen LogP contribution in [0.15, 0.2) is 60.7 Å². The van der Waals surface area contributed by atoms with Crippen molar-refractivity contribution in [1.29, 1.82) is 0 Å². The molecule has 0 nitrogen and oxygen atoms in total. The zero-order valence-corrected chi connectivity index (χ0v) is 8.86. The van der Waals surface area contributed by atoms with Crippen molar-refractivity contribution in [2.45, 2.75) is 0 Å². The highest BCUT2D eigenvalue weighted by atomic mass is 19.5. The van der Waals surface area contributed by atoms with Gasteiger partial charge >= 0.3 is 8.68 Å². The predicted octanol–water partition coefficient (Wildman–Crippen LogP) is 4.77. The summed E-state index contributed by atoms with van der Waals surface area (Å²) in [5, 5.41) is 0. The van der Waals surface area contributed by atoms with E-state index in [1.807, 2.05) is 12.1 Å². The Labute approximate surface area is 98.5 Å². The van der Waals surface area contributed by atoms with Crippen molar-refractivity contribution in [2.75, 3.05) is 0 Å². The Hall–Kier alpha value is -1.78. The molecule has 5 heteroatoms. The molecule has 0 radical (unpaired) electrons. The van der Waals surface area contributed by atoms with Gasteiger partial charge in [-0.15, -0.1) is 0 Å². The summed E-state index contributed by atoms with van der Waals surface area (Å²) in [6, 6.07) is 20.8. The largest absolute Gasteiger partial charge is 1.00 e. The lowest BCUT2D eigenvalue weighted by Gasteiger charge is -1.98. The molecule has 0 saturated carbocycles. The van der Waals surface area contributed by atoms with E-state index < -0.39 is 7.25 Å². The van der Waals surface area contributed by atoms with Crippen LogP contribution in [0.3, 0.4) is 0 Å². The molecule has 0 amide bonds. The maximum absolute atomic E-state index is 9.75. The summed E-state index contributed by atoms with van der Waals surface area (Å²) < 4.78 is 39.0. The summed E-state index contributed by atoms with van der Waals surface area (Å²) >= 11 is 0. The maximum atomic E-state index is 9.75. The van der Waals surface area contributed by atoms with Crippen molar-refractivity contribution in [3.05, 3.63) is 60.7 Å². The molecule has 90 valence electrons. The number of hydrogen-bond acceptors (Lipinski definition) is 0. The number of rotatable bonds is 1. The Bertz CT molecular complexity index is 387. The smallest absolute Gasteiger partial charge is 0.418 e. The van der Waals surface area contributed by atoms with Crippen LogP contribution in [-0.2, 0) is 0 Å². The molecule has 0 aromatic heterocycles. The summed E-state index contributed by atoms with van der Waals surface area (Å²) in [7, 11) is -6.00. The summed E-state index contributed by atoms with van der Waals surface area (Å²) in [5.41, 5.74) is 2.55. The molecular formula is C12H11BF4. The predicted molar refractivity (Wildman–Crippen MR) is 63.2 cm³/mol. The third-order valence-electron chi connectivity index (χ3n) is 1.88. The monoisotopic (exact) mass is 242 g/mol. The van der Waals surface area contributed by atoms with Crippen molar-refractivity contribution >= 4 is 7.25 Å². The molecule has 17 heavy (non-hydrogen) atoms. The molecule has 0 spiro atoms. The van der Waals surface area contributed by atoms with E-state index in [1.54, 1.807) is 0 Å². The van der Waals surface area contributed by atoms with Crippen LogP contribution in [0.4, 0.5) is 17.3 Å². The van der Waals surface area contributed by atoms with Gasteiger partial charge in [-0.05, 0) is 11.1 Å². The minimum Gasteiger partial charge on any atom is -0.418 e. The van der Waals surface area contributed by atoms with E-state index in [0.29, 0.717) is 0 Å². The molecule has 0 bridgehead atoms. The highest BCUT2D eigenvalue weighted by Crippen LogP contribution is 2.17. The molecule has 0 N–H and O–H groups in total. The van der Waals surface area contributed by atoms with Crippen molar-refractivity contribution in [2.24, 2.45) is 0 Å². The van der Waals surface area contributed by atoms with Crippen LogP contribution in [0, 0.1) is 0 Å². The maximum Gasteiger partial charge on any atom is 1.00 e. The molecule has 0 unspecified atom stereocenters. The van der Waals surface area contributed by atoms with Crippen molar-refractivity contribution in [3.63, 3.8) is 0 Å². The topological polar surface area (TPSA) is 0 Å². The summed E-state index contributed by atoms with van der Waals surface area (Å²) in [5.74, 6) is 0. The molecule has 0 fully saturated rings. The third kappa shape index (κ3) is 6.40. The summed E-state index contributed by atoms with van der Waals surface area (Å²) in [6.45, 7) is 0. The normalized spacial score (nSPS) is 10.4. The van der Waals surface area contributed by atoms with E-state index >= 15 is 0 Å². The molecule has 2 rings (SSSR count). The number of halogens is 4. The van der Waals surface area contributed by atoms with E-state index in [2.05, 4.69) is 48.5 Å². The van der Waals surface area contributed by atoms with Gasteiger partial charge in [0.15, 0.2) is 0 Å². The third-order valence-corrected chi connectivity index (χ3v) is 1.88. The van der Waals surface area contributed by atoms with Crippen molar-refractivity contribution < 1.29 is 18.7 Å². The Morgan fingerprint density at radius 1 is 0.588 bits per heavy atom. The van der Waals surface area contributed by atoms with Crippen molar-refractivity contribution in [1.82, 2.24) is 0 Å². The van der Waals surface area contributed by atoms with Gasteiger partial charge in [-0.25, -0.2) is 0 Å². The molecule has 0 heterocycles. The van der Waals surface area contributed by atoms with Gasteiger partial charge in [-0.3, -0.25) is 0 Å². The van der Waals surface area contributed by atoms with Crippen molar-refractivity contribution in [3.8, 4) is 11.1 Å². The fourth-order valence-electron chi connectivity index (χ4n) is 1.26. The Balaban J connectivity index is 0.000000421. The number of benzene rings is 2. The van der Waals surface area contributed by atoms with Crippen LogP contribution in [-0.4, -0.2) is 7.25 Å². The van der Waals surface area contributed by atoms with Gasteiger partial charge in [0.05, 0.1) is 0 Å². The molecule has 0 aliphatic rings. The van der Waals surface area contributed by atoms with Gasteiger partial charge in [0.1, 0.15) is 0 Å². The molecule has 0 aliphatic heterocycles. The van der Waals surface area contributed by atoms with Crippen LogP contribution >= 0.6 is 0 Å². The van der Waals surface area contributed by atoms with Gasteiger partial charge in [0.25, 0.3) is 0 Å². The van der Waals surface area contributed by atoms with Crippen LogP contribution in [0.2, 0.25) is 0 Å². The summed E-state index contributed by atoms with van der Waals surface area (Å²) in [6.07, 6.45) is 0. The van der Waals surface area contributed by atoms with E-state index in [9.17, 15) is 17.3 Å². The molecule has 0 aliphatic carbocycles. The first kappa shape index (κ1) is 13.3. The van der Waals surface area contributed by atoms with Crippen LogP contribution in [0.25, 0.3) is 11.1 Å². The average Bonchev–Trinajstić information content (AvgIpc) is 2.29. The Morgan fingerprint density at radius 2 is 0.824 bits per heavy atom. The second kappa shape index (κ2) is 6.08. The van der Waals surface area contributed by atoms with E-state index in [0.717, 1.165) is 0 Å². The van der Waals surface area contributed by atoms with Gasteiger partial charge in [-0.2, -0.15) is 0 Å². The first-order valence-electron chi connectivity index (χ1n) is 4.94. The van der Waals surface area contributed by atoms with Gasteiger partial charge in [0, 0.05) is 0 Å². The zero-order chi connectivity index (χ0) is 12.7. The minimum absolute atomic E-state index is 0. The lowest BCUT2D eigenvalue weighted by atomic mass is 10.1. The molecular weight excluding hydrogens is 231 g/mol. The zero-order valence-electron chi connectivity index (χ0n) is 9.86. The lowest BCUT2D eigenvalue weighted by Crippen LogP contribution is -2.02. The van der Waals surface area contributed by atoms with E-state index in [1.165, 1.54) is 11.1 Å². The van der Waals surface area contributed by atoms with Crippen LogP contribution < -0.4 is 0 Å². The fraction of sp³-hybridized carbons (Fsp3) is 0. The standard InChI is InChI=1S/C12H10.BF4/c1-3-7-11(8-4-1)12-9-5-2-6-10-12;2-1(3,4)5/h1-10H;/q;-1/p+1. The molecule has 0 atom stereocenters. The summed E-state index contributed by atoms with van der Waals surface area (Å²) in [4.78, 5) is 0. The molecule has 0 saturated heterocycles.